The summed E-state index contributed by atoms with van der Waals surface area (Å²) in [7, 11) is 2.99. The number of aryl methyl sites for hydroxylation is 1. The van der Waals surface area contributed by atoms with E-state index in [1.807, 2.05) is 39.0 Å². The molecule has 2 rings (SSSR count). The minimum absolute atomic E-state index is 0.0718. The van der Waals surface area contributed by atoms with Crippen LogP contribution in [0, 0.1) is 12.8 Å². The lowest BCUT2D eigenvalue weighted by molar-refractivity contribution is -0.152. The molecule has 0 saturated carbocycles. The second-order valence-electron chi connectivity index (χ2n) is 8.06. The van der Waals surface area contributed by atoms with Gasteiger partial charge >= 0.3 is 5.97 Å². The van der Waals surface area contributed by atoms with Crippen LogP contribution in [-0.2, 0) is 9.53 Å². The van der Waals surface area contributed by atoms with Gasteiger partial charge in [0.25, 0.3) is 5.91 Å². The number of carbonyl (C=O) groups is 2. The molecule has 1 amide bonds. The van der Waals surface area contributed by atoms with Gasteiger partial charge in [0.05, 0.1) is 14.2 Å². The van der Waals surface area contributed by atoms with Gasteiger partial charge in [-0.2, -0.15) is 0 Å². The summed E-state index contributed by atoms with van der Waals surface area (Å²) in [6.45, 7) is 9.38. The maximum atomic E-state index is 12.9. The zero-order chi connectivity index (χ0) is 24.0. The predicted octanol–water partition coefficient (Wildman–Crippen LogP) is 3.60. The third-order valence-electron chi connectivity index (χ3n) is 5.50. The average molecular weight is 445 g/mol. The van der Waals surface area contributed by atoms with Gasteiger partial charge in [0.2, 0.25) is 0 Å². The van der Waals surface area contributed by atoms with E-state index < -0.39 is 24.0 Å². The van der Waals surface area contributed by atoms with E-state index in [2.05, 4.69) is 10.3 Å². The number of nitrogens with one attached hydrogen (secondary N) is 1. The quantitative estimate of drug-likeness (QED) is 0.569. The molecule has 0 bridgehead atoms. The van der Waals surface area contributed by atoms with Gasteiger partial charge in [-0.05, 0) is 43.0 Å². The molecule has 1 heterocycles. The summed E-state index contributed by atoms with van der Waals surface area (Å²) >= 11 is 0. The summed E-state index contributed by atoms with van der Waals surface area (Å²) in [5.41, 5.74) is 1.85. The van der Waals surface area contributed by atoms with Crippen LogP contribution in [0.25, 0.3) is 0 Å². The second-order valence-corrected chi connectivity index (χ2v) is 8.06. The molecule has 1 aromatic carbocycles. The number of nitrogens with zero attached hydrogens (tertiary/aromatic N) is 1. The monoisotopic (exact) mass is 444 g/mol. The third-order valence-corrected chi connectivity index (χ3v) is 5.50. The molecular weight excluding hydrogens is 412 g/mol. The highest BCUT2D eigenvalue weighted by molar-refractivity contribution is 5.98. The van der Waals surface area contributed by atoms with E-state index >= 15 is 0 Å². The maximum absolute atomic E-state index is 12.9. The Bertz CT molecular complexity index is 960. The number of carbonyl (C=O) groups excluding carboxylic acids is 2. The highest BCUT2D eigenvalue weighted by Crippen LogP contribution is 2.29. The summed E-state index contributed by atoms with van der Waals surface area (Å²) in [5, 5.41) is 12.8. The molecule has 0 aliphatic heterocycles. The summed E-state index contributed by atoms with van der Waals surface area (Å²) in [4.78, 5) is 29.5. The van der Waals surface area contributed by atoms with Gasteiger partial charge in [0.1, 0.15) is 17.9 Å². The second kappa shape index (κ2) is 10.8. The van der Waals surface area contributed by atoms with Crippen LogP contribution >= 0.6 is 0 Å². The summed E-state index contributed by atoms with van der Waals surface area (Å²) < 4.78 is 16.0. The van der Waals surface area contributed by atoms with E-state index in [1.54, 1.807) is 21.0 Å². The number of ether oxygens (including phenoxy) is 3. The molecule has 0 aliphatic rings. The molecule has 8 heteroatoms. The van der Waals surface area contributed by atoms with Crippen LogP contribution < -0.4 is 14.8 Å². The molecular formula is C24H32N2O6. The van der Waals surface area contributed by atoms with E-state index in [9.17, 15) is 14.7 Å². The van der Waals surface area contributed by atoms with Gasteiger partial charge in [0, 0.05) is 18.2 Å². The van der Waals surface area contributed by atoms with Crippen LogP contribution in [0.5, 0.6) is 17.2 Å². The number of aromatic hydroxyl groups is 1. The molecule has 0 unspecified atom stereocenters. The van der Waals surface area contributed by atoms with E-state index in [0.29, 0.717) is 0 Å². The van der Waals surface area contributed by atoms with Crippen molar-refractivity contribution in [1.82, 2.24) is 10.3 Å². The van der Waals surface area contributed by atoms with E-state index in [1.165, 1.54) is 19.4 Å². The lowest BCUT2D eigenvalue weighted by Gasteiger charge is -2.27. The van der Waals surface area contributed by atoms with Crippen LogP contribution in [0.1, 0.15) is 55.2 Å². The molecule has 174 valence electrons. The van der Waals surface area contributed by atoms with Gasteiger partial charge in [-0.1, -0.05) is 26.8 Å². The highest BCUT2D eigenvalue weighted by Gasteiger charge is 2.31. The minimum Gasteiger partial charge on any atom is -0.503 e. The smallest absolute Gasteiger partial charge is 0.329 e. The van der Waals surface area contributed by atoms with Crippen molar-refractivity contribution in [2.45, 2.75) is 52.7 Å². The maximum Gasteiger partial charge on any atom is 0.329 e. The normalized spacial score (nSPS) is 13.8. The Hall–Kier alpha value is -3.29. The van der Waals surface area contributed by atoms with E-state index in [4.69, 9.17) is 14.2 Å². The van der Waals surface area contributed by atoms with Crippen LogP contribution in [0.3, 0.4) is 0 Å². The van der Waals surface area contributed by atoms with Crippen molar-refractivity contribution in [2.75, 3.05) is 14.2 Å². The first-order chi connectivity index (χ1) is 15.1. The van der Waals surface area contributed by atoms with Crippen LogP contribution in [0.4, 0.5) is 0 Å². The Kier molecular flexibility index (Phi) is 8.46. The van der Waals surface area contributed by atoms with Crippen molar-refractivity contribution in [3.63, 3.8) is 0 Å². The fraction of sp³-hybridized carbons (Fsp3) is 0.458. The molecule has 0 spiro atoms. The number of aromatic nitrogens is 1. The first kappa shape index (κ1) is 25.0. The number of hydrogen-bond acceptors (Lipinski definition) is 7. The topological polar surface area (TPSA) is 107 Å². The summed E-state index contributed by atoms with van der Waals surface area (Å²) in [5.74, 6) is -1.07. The van der Waals surface area contributed by atoms with Crippen molar-refractivity contribution in [1.29, 1.82) is 0 Å². The summed E-state index contributed by atoms with van der Waals surface area (Å²) in [6.07, 6.45) is 0.910. The van der Waals surface area contributed by atoms with Crippen molar-refractivity contribution in [2.24, 2.45) is 5.92 Å². The first-order valence-electron chi connectivity index (χ1n) is 10.5. The largest absolute Gasteiger partial charge is 0.503 e. The molecule has 0 fully saturated rings. The number of methoxy groups -OCH3 is 2. The molecule has 8 nitrogen and oxygen atoms in total. The third kappa shape index (κ3) is 5.69. The first-order valence-corrected chi connectivity index (χ1v) is 10.5. The zero-order valence-corrected chi connectivity index (χ0v) is 19.6. The number of amides is 1. The number of hydrogen-bond donors (Lipinski definition) is 2. The van der Waals surface area contributed by atoms with E-state index in [0.717, 1.165) is 16.9 Å². The molecule has 2 aromatic rings. The lowest BCUT2D eigenvalue weighted by Crippen LogP contribution is -2.46. The fourth-order valence-corrected chi connectivity index (χ4v) is 3.37. The Morgan fingerprint density at radius 3 is 2.31 bits per heavy atom. The van der Waals surface area contributed by atoms with Crippen molar-refractivity contribution >= 4 is 11.9 Å². The Morgan fingerprint density at radius 2 is 1.75 bits per heavy atom. The molecule has 3 atom stereocenters. The summed E-state index contributed by atoms with van der Waals surface area (Å²) in [6, 6.07) is 6.29. The fourth-order valence-electron chi connectivity index (χ4n) is 3.37. The predicted molar refractivity (Wildman–Crippen MR) is 120 cm³/mol. The van der Waals surface area contributed by atoms with Crippen LogP contribution in [-0.4, -0.2) is 48.3 Å². The Balaban J connectivity index is 2.13. The van der Waals surface area contributed by atoms with Gasteiger partial charge < -0.3 is 24.6 Å². The Labute approximate surface area is 188 Å². The number of benzene rings is 1. The van der Waals surface area contributed by atoms with Crippen molar-refractivity contribution in [3.8, 4) is 17.2 Å². The SMILES string of the molecule is COc1ccc([C@@H](C)[C@@H](C)OC(=O)[C@@H](NC(=O)c2nccc(OC)c2O)C(C)C)c(C)c1. The van der Waals surface area contributed by atoms with Crippen molar-refractivity contribution < 1.29 is 28.9 Å². The number of rotatable bonds is 9. The Morgan fingerprint density at radius 1 is 1.06 bits per heavy atom. The molecule has 0 saturated heterocycles. The average Bonchev–Trinajstić information content (AvgIpc) is 2.76. The van der Waals surface area contributed by atoms with E-state index in [-0.39, 0.29) is 29.0 Å². The molecule has 0 aliphatic carbocycles. The number of esters is 1. The van der Waals surface area contributed by atoms with Gasteiger partial charge in [-0.15, -0.1) is 0 Å². The van der Waals surface area contributed by atoms with Gasteiger partial charge in [-0.25, -0.2) is 9.78 Å². The van der Waals surface area contributed by atoms with Gasteiger partial charge in [0.15, 0.2) is 17.2 Å². The molecule has 32 heavy (non-hydrogen) atoms. The lowest BCUT2D eigenvalue weighted by atomic mass is 9.92. The standard InChI is InChI=1S/C24H32N2O6/c1-13(2)20(26-23(28)21-22(27)19(31-7)10-11-25-21)24(29)32-16(5)15(4)18-9-8-17(30-6)12-14(18)3/h8-13,15-16,20,27H,1-7H3,(H,26,28)/t15-,16+,20-/m0/s1. The van der Waals surface area contributed by atoms with Gasteiger partial charge in [-0.3, -0.25) is 4.79 Å². The molecule has 2 N–H and O–H groups in total. The zero-order valence-electron chi connectivity index (χ0n) is 19.6. The van der Waals surface area contributed by atoms with Crippen molar-refractivity contribution in [3.05, 3.63) is 47.3 Å². The minimum atomic E-state index is -0.915. The molecule has 0 radical (unpaired) electrons. The molecule has 1 aromatic heterocycles. The highest BCUT2D eigenvalue weighted by atomic mass is 16.5. The van der Waals surface area contributed by atoms with Crippen LogP contribution in [0.15, 0.2) is 30.5 Å². The van der Waals surface area contributed by atoms with Crippen LogP contribution in [0.2, 0.25) is 0 Å². The number of pyridine rings is 1.